The fourth-order valence-electron chi connectivity index (χ4n) is 3.18. The minimum absolute atomic E-state index is 0.126. The minimum Gasteiger partial charge on any atom is -0.461 e. The van der Waals surface area contributed by atoms with E-state index in [2.05, 4.69) is 32.7 Å². The number of amides is 1. The third kappa shape index (κ3) is 9.64. The van der Waals surface area contributed by atoms with Crippen LogP contribution in [0.15, 0.2) is 5.38 Å². The first-order valence-corrected chi connectivity index (χ1v) is 11.0. The Labute approximate surface area is 173 Å². The second-order valence-electron chi connectivity index (χ2n) is 8.29. The molecule has 0 aliphatic heterocycles. The quantitative estimate of drug-likeness (QED) is 0.372. The van der Waals surface area contributed by atoms with Gasteiger partial charge in [0.1, 0.15) is 5.01 Å². The van der Waals surface area contributed by atoms with Crippen LogP contribution in [0.3, 0.4) is 0 Å². The molecule has 28 heavy (non-hydrogen) atoms. The molecule has 1 atom stereocenters. The highest BCUT2D eigenvalue weighted by molar-refractivity contribution is 7.09. The number of carbonyl (C=O) groups excluding carboxylic acids is 2. The van der Waals surface area contributed by atoms with Crippen molar-refractivity contribution >= 4 is 23.2 Å². The van der Waals surface area contributed by atoms with Gasteiger partial charge in [-0.05, 0) is 38.0 Å². The molecule has 6 nitrogen and oxygen atoms in total. The van der Waals surface area contributed by atoms with Crippen molar-refractivity contribution in [3.05, 3.63) is 16.1 Å². The number of ether oxygens (including phenoxy) is 2. The second-order valence-corrected chi connectivity index (χ2v) is 9.23. The lowest BCUT2D eigenvalue weighted by molar-refractivity contribution is -0.133. The zero-order valence-electron chi connectivity index (χ0n) is 18.2. The molecule has 0 aromatic carbocycles. The molecule has 0 N–H and O–H groups in total. The Bertz CT molecular complexity index is 610. The van der Waals surface area contributed by atoms with E-state index < -0.39 is 5.97 Å². The molecule has 0 spiro atoms. The van der Waals surface area contributed by atoms with Crippen molar-refractivity contribution in [1.82, 2.24) is 9.88 Å². The highest BCUT2D eigenvalue weighted by Gasteiger charge is 2.22. The van der Waals surface area contributed by atoms with Crippen LogP contribution >= 0.6 is 11.3 Å². The zero-order chi connectivity index (χ0) is 21.2. The average molecular weight is 413 g/mol. The van der Waals surface area contributed by atoms with Crippen molar-refractivity contribution in [2.24, 2.45) is 11.3 Å². The largest absolute Gasteiger partial charge is 0.461 e. The first-order chi connectivity index (χ1) is 13.2. The molecule has 1 heterocycles. The van der Waals surface area contributed by atoms with E-state index >= 15 is 0 Å². The predicted molar refractivity (Wildman–Crippen MR) is 112 cm³/mol. The summed E-state index contributed by atoms with van der Waals surface area (Å²) >= 11 is 1.39. The molecule has 1 amide bonds. The molecule has 0 saturated heterocycles. The molecule has 160 valence electrons. The lowest BCUT2D eigenvalue weighted by atomic mass is 9.84. The Hall–Kier alpha value is -1.47. The first-order valence-electron chi connectivity index (χ1n) is 10.1. The Morgan fingerprint density at radius 2 is 1.96 bits per heavy atom. The van der Waals surface area contributed by atoms with Gasteiger partial charge in [-0.15, -0.1) is 11.3 Å². The normalized spacial score (nSPS) is 12.6. The van der Waals surface area contributed by atoms with Gasteiger partial charge in [-0.3, -0.25) is 4.79 Å². The van der Waals surface area contributed by atoms with E-state index in [0.717, 1.165) is 17.8 Å². The Kier molecular flexibility index (Phi) is 10.7. The predicted octanol–water partition coefficient (Wildman–Crippen LogP) is 4.54. The maximum atomic E-state index is 12.9. The maximum Gasteiger partial charge on any atom is 0.357 e. The summed E-state index contributed by atoms with van der Waals surface area (Å²) in [6.45, 7) is 15.1. The molecule has 1 aromatic heterocycles. The van der Waals surface area contributed by atoms with Crippen molar-refractivity contribution in [1.29, 1.82) is 0 Å². The summed E-state index contributed by atoms with van der Waals surface area (Å²) in [5.74, 6) is 0.0208. The van der Waals surface area contributed by atoms with Crippen molar-refractivity contribution in [3.8, 4) is 0 Å². The van der Waals surface area contributed by atoms with Crippen molar-refractivity contribution in [2.45, 2.75) is 67.3 Å². The average Bonchev–Trinajstić information content (AvgIpc) is 3.04. The van der Waals surface area contributed by atoms with Crippen LogP contribution in [0.5, 0.6) is 0 Å². The smallest absolute Gasteiger partial charge is 0.357 e. The molecule has 0 saturated carbocycles. The van der Waals surface area contributed by atoms with Crippen molar-refractivity contribution in [3.63, 3.8) is 0 Å². The van der Waals surface area contributed by atoms with Gasteiger partial charge in [0.05, 0.1) is 13.2 Å². The molecule has 0 aliphatic carbocycles. The Balaban J connectivity index is 2.75. The van der Waals surface area contributed by atoms with E-state index in [-0.39, 0.29) is 11.3 Å². The van der Waals surface area contributed by atoms with Crippen LogP contribution in [-0.2, 0) is 20.8 Å². The van der Waals surface area contributed by atoms with E-state index in [4.69, 9.17) is 9.47 Å². The Morgan fingerprint density at radius 1 is 1.25 bits per heavy atom. The van der Waals surface area contributed by atoms with Crippen LogP contribution in [0.25, 0.3) is 0 Å². The van der Waals surface area contributed by atoms with Gasteiger partial charge in [-0.25, -0.2) is 9.78 Å². The number of aromatic nitrogens is 1. The van der Waals surface area contributed by atoms with Crippen LogP contribution in [0, 0.1) is 11.3 Å². The number of thiazole rings is 1. The molecule has 1 aromatic rings. The summed E-state index contributed by atoms with van der Waals surface area (Å²) in [5, 5.41) is 2.44. The Morgan fingerprint density at radius 3 is 2.57 bits per heavy atom. The third-order valence-electron chi connectivity index (χ3n) is 4.12. The van der Waals surface area contributed by atoms with Gasteiger partial charge in [0.25, 0.3) is 0 Å². The van der Waals surface area contributed by atoms with Crippen molar-refractivity contribution in [2.75, 3.05) is 26.4 Å². The van der Waals surface area contributed by atoms with Crippen LogP contribution < -0.4 is 0 Å². The number of hydrogen-bond donors (Lipinski definition) is 0. The fourth-order valence-corrected chi connectivity index (χ4v) is 3.96. The monoisotopic (exact) mass is 412 g/mol. The zero-order valence-corrected chi connectivity index (χ0v) is 19.1. The number of rotatable bonds is 12. The highest BCUT2D eigenvalue weighted by Crippen LogP contribution is 2.26. The highest BCUT2D eigenvalue weighted by atomic mass is 32.1. The summed E-state index contributed by atoms with van der Waals surface area (Å²) in [7, 11) is 0. The van der Waals surface area contributed by atoms with Gasteiger partial charge in [0, 0.05) is 31.6 Å². The molecule has 0 fully saturated rings. The molecule has 0 radical (unpaired) electrons. The number of nitrogens with zero attached hydrogens (tertiary/aromatic N) is 2. The maximum absolute atomic E-state index is 12.9. The second kappa shape index (κ2) is 12.2. The van der Waals surface area contributed by atoms with Gasteiger partial charge < -0.3 is 14.4 Å². The standard InChI is InChI=1S/C21H36N2O4S/c1-7-26-11-9-10-23(19(24)12-16(3)13-21(4,5)6)14-18-22-17(15-28-18)20(25)27-8-2/h15-16H,7-14H2,1-6H3. The molecular formula is C21H36N2O4S. The molecule has 1 rings (SSSR count). The minimum atomic E-state index is -0.418. The lowest BCUT2D eigenvalue weighted by Gasteiger charge is -2.26. The van der Waals surface area contributed by atoms with Gasteiger partial charge in [-0.1, -0.05) is 27.7 Å². The van der Waals surface area contributed by atoms with Crippen LogP contribution in [0.2, 0.25) is 0 Å². The van der Waals surface area contributed by atoms with Gasteiger partial charge >= 0.3 is 5.97 Å². The number of hydrogen-bond acceptors (Lipinski definition) is 6. The first kappa shape index (κ1) is 24.6. The summed E-state index contributed by atoms with van der Waals surface area (Å²) in [6.07, 6.45) is 2.29. The van der Waals surface area contributed by atoms with Gasteiger partial charge in [0.2, 0.25) is 5.91 Å². The molecule has 0 aliphatic rings. The summed E-state index contributed by atoms with van der Waals surface area (Å²) in [4.78, 5) is 30.9. The van der Waals surface area contributed by atoms with Crippen LogP contribution in [-0.4, -0.2) is 48.1 Å². The van der Waals surface area contributed by atoms with E-state index in [1.54, 1.807) is 12.3 Å². The summed E-state index contributed by atoms with van der Waals surface area (Å²) in [5.41, 5.74) is 0.508. The third-order valence-corrected chi connectivity index (χ3v) is 4.95. The van der Waals surface area contributed by atoms with Crippen molar-refractivity contribution < 1.29 is 19.1 Å². The van der Waals surface area contributed by atoms with Crippen LogP contribution in [0.1, 0.15) is 76.3 Å². The summed E-state index contributed by atoms with van der Waals surface area (Å²) in [6, 6.07) is 0. The van der Waals surface area contributed by atoms with Gasteiger partial charge in [0.15, 0.2) is 5.69 Å². The summed E-state index contributed by atoms with van der Waals surface area (Å²) < 4.78 is 10.4. The molecule has 0 bridgehead atoms. The topological polar surface area (TPSA) is 68.7 Å². The van der Waals surface area contributed by atoms with E-state index in [9.17, 15) is 9.59 Å². The van der Waals surface area contributed by atoms with E-state index in [1.165, 1.54) is 11.3 Å². The van der Waals surface area contributed by atoms with E-state index in [0.29, 0.717) is 50.9 Å². The SMILES string of the molecule is CCOCCCN(Cc1nc(C(=O)OCC)cs1)C(=O)CC(C)CC(C)(C)C. The number of carbonyl (C=O) groups is 2. The fraction of sp³-hybridized carbons (Fsp3) is 0.762. The van der Waals surface area contributed by atoms with Gasteiger partial charge in [-0.2, -0.15) is 0 Å². The lowest BCUT2D eigenvalue weighted by Crippen LogP contribution is -2.33. The molecule has 1 unspecified atom stereocenters. The number of esters is 1. The van der Waals surface area contributed by atoms with Crippen LogP contribution in [0.4, 0.5) is 0 Å². The molecule has 7 heteroatoms. The van der Waals surface area contributed by atoms with E-state index in [1.807, 2.05) is 11.8 Å². The molecular weight excluding hydrogens is 376 g/mol.